The highest BCUT2D eigenvalue weighted by atomic mass is 35.5. The molecular formula is C24H24ClN3O3. The number of alkyl halides is 1. The van der Waals surface area contributed by atoms with E-state index in [2.05, 4.69) is 5.10 Å². The van der Waals surface area contributed by atoms with Gasteiger partial charge >= 0.3 is 0 Å². The van der Waals surface area contributed by atoms with Crippen molar-refractivity contribution in [3.8, 4) is 16.9 Å². The Kier molecular flexibility index (Phi) is 5.60. The number of aliphatic hydroxyl groups is 1. The van der Waals surface area contributed by atoms with Crippen molar-refractivity contribution < 1.29 is 9.84 Å². The Labute approximate surface area is 185 Å². The fraction of sp³-hybridized carbons (Fsp3) is 0.250. The van der Waals surface area contributed by atoms with E-state index >= 15 is 0 Å². The zero-order chi connectivity index (χ0) is 22.3. The summed E-state index contributed by atoms with van der Waals surface area (Å²) in [7, 11) is 3.24. The van der Waals surface area contributed by atoms with E-state index in [9.17, 15) is 9.90 Å². The molecular weight excluding hydrogens is 414 g/mol. The molecule has 7 heteroatoms. The van der Waals surface area contributed by atoms with Gasteiger partial charge in [0, 0.05) is 18.0 Å². The van der Waals surface area contributed by atoms with Crippen LogP contribution < -0.4 is 10.3 Å². The summed E-state index contributed by atoms with van der Waals surface area (Å²) in [4.78, 5) is 13.2. The summed E-state index contributed by atoms with van der Waals surface area (Å²) >= 11 is 6.13. The van der Waals surface area contributed by atoms with Gasteiger partial charge in [-0.15, -0.1) is 0 Å². The number of nitrogens with zero attached hydrogens (tertiary/aromatic N) is 3. The molecule has 1 N–H and O–H groups in total. The molecule has 4 rings (SSSR count). The molecule has 0 amide bonds. The molecule has 31 heavy (non-hydrogen) atoms. The Morgan fingerprint density at radius 2 is 1.84 bits per heavy atom. The van der Waals surface area contributed by atoms with Crippen LogP contribution in [0, 0.1) is 13.8 Å². The van der Waals surface area contributed by atoms with Crippen LogP contribution in [-0.2, 0) is 13.6 Å². The monoisotopic (exact) mass is 437 g/mol. The molecule has 1 unspecified atom stereocenters. The first-order valence-corrected chi connectivity index (χ1v) is 10.4. The van der Waals surface area contributed by atoms with Crippen molar-refractivity contribution in [2.24, 2.45) is 7.05 Å². The molecule has 0 bridgehead atoms. The fourth-order valence-corrected chi connectivity index (χ4v) is 4.13. The molecule has 2 aromatic carbocycles. The predicted octanol–water partition coefficient (Wildman–Crippen LogP) is 4.31. The number of rotatable bonds is 5. The number of halogens is 1. The lowest BCUT2D eigenvalue weighted by Crippen LogP contribution is -2.24. The SMILES string of the molecule is COc1ccc(Cn2ncc3c(-c4ccc(C)c(C)c4)c(C(O)Cl)n(C)c(=O)c32)cc1. The second-order valence-electron chi connectivity index (χ2n) is 7.67. The van der Waals surface area contributed by atoms with E-state index in [0.29, 0.717) is 28.7 Å². The minimum atomic E-state index is -1.33. The smallest absolute Gasteiger partial charge is 0.276 e. The van der Waals surface area contributed by atoms with Gasteiger partial charge in [-0.05, 0) is 48.2 Å². The van der Waals surface area contributed by atoms with E-state index in [1.54, 1.807) is 25.0 Å². The average Bonchev–Trinajstić information content (AvgIpc) is 3.16. The Morgan fingerprint density at radius 1 is 1.13 bits per heavy atom. The normalized spacial score (nSPS) is 12.3. The Hall–Kier alpha value is -3.09. The molecule has 0 saturated carbocycles. The highest BCUT2D eigenvalue weighted by Gasteiger charge is 2.23. The number of methoxy groups -OCH3 is 1. The summed E-state index contributed by atoms with van der Waals surface area (Å²) < 4.78 is 8.32. The van der Waals surface area contributed by atoms with Crippen molar-refractivity contribution >= 4 is 22.5 Å². The second-order valence-corrected chi connectivity index (χ2v) is 8.09. The number of aliphatic hydroxyl groups excluding tert-OH is 1. The predicted molar refractivity (Wildman–Crippen MR) is 123 cm³/mol. The highest BCUT2D eigenvalue weighted by Crippen LogP contribution is 2.35. The van der Waals surface area contributed by atoms with Crippen LogP contribution in [0.3, 0.4) is 0 Å². The summed E-state index contributed by atoms with van der Waals surface area (Å²) in [5.41, 5.74) is 4.08. The molecule has 1 atom stereocenters. The maximum absolute atomic E-state index is 13.2. The maximum Gasteiger partial charge on any atom is 0.276 e. The first-order valence-electron chi connectivity index (χ1n) is 9.93. The summed E-state index contributed by atoms with van der Waals surface area (Å²) in [6, 6.07) is 13.7. The van der Waals surface area contributed by atoms with Crippen molar-refractivity contribution in [1.82, 2.24) is 14.3 Å². The van der Waals surface area contributed by atoms with Crippen LogP contribution in [0.2, 0.25) is 0 Å². The van der Waals surface area contributed by atoms with Gasteiger partial charge in [0.1, 0.15) is 11.3 Å². The third-order valence-corrected chi connectivity index (χ3v) is 5.95. The van der Waals surface area contributed by atoms with Crippen LogP contribution in [0.15, 0.2) is 53.5 Å². The van der Waals surface area contributed by atoms with Gasteiger partial charge in [-0.25, -0.2) is 0 Å². The Balaban J connectivity index is 1.95. The number of aryl methyl sites for hydroxylation is 2. The minimum absolute atomic E-state index is 0.261. The molecule has 4 aromatic rings. The number of hydrogen-bond acceptors (Lipinski definition) is 4. The number of fused-ring (bicyclic) bond motifs is 1. The maximum atomic E-state index is 13.2. The molecule has 160 valence electrons. The molecule has 2 aromatic heterocycles. The van der Waals surface area contributed by atoms with Crippen LogP contribution in [-0.4, -0.2) is 26.6 Å². The highest BCUT2D eigenvalue weighted by molar-refractivity contribution is 6.20. The first kappa shape index (κ1) is 21.2. The van der Waals surface area contributed by atoms with Crippen molar-refractivity contribution in [3.63, 3.8) is 0 Å². The van der Waals surface area contributed by atoms with Crippen LogP contribution in [0.1, 0.15) is 27.9 Å². The summed E-state index contributed by atoms with van der Waals surface area (Å²) in [5.74, 6) is 0.766. The minimum Gasteiger partial charge on any atom is -0.497 e. The third kappa shape index (κ3) is 3.73. The molecule has 0 radical (unpaired) electrons. The number of ether oxygens (including phenoxy) is 1. The summed E-state index contributed by atoms with van der Waals surface area (Å²) in [5, 5.41) is 15.5. The zero-order valence-electron chi connectivity index (χ0n) is 17.9. The van der Waals surface area contributed by atoms with Gasteiger partial charge in [0.15, 0.2) is 5.56 Å². The van der Waals surface area contributed by atoms with Crippen molar-refractivity contribution in [1.29, 1.82) is 0 Å². The summed E-state index contributed by atoms with van der Waals surface area (Å²) in [6.45, 7) is 4.50. The largest absolute Gasteiger partial charge is 0.497 e. The third-order valence-electron chi connectivity index (χ3n) is 5.75. The second kappa shape index (κ2) is 8.21. The molecule has 0 spiro atoms. The fourth-order valence-electron chi connectivity index (χ4n) is 3.87. The Morgan fingerprint density at radius 3 is 2.45 bits per heavy atom. The van der Waals surface area contributed by atoms with Gasteiger partial charge in [-0.1, -0.05) is 41.9 Å². The molecule has 0 aliphatic heterocycles. The van der Waals surface area contributed by atoms with Gasteiger partial charge in [0.2, 0.25) is 0 Å². The van der Waals surface area contributed by atoms with Gasteiger partial charge in [0.25, 0.3) is 5.56 Å². The van der Waals surface area contributed by atoms with Gasteiger partial charge < -0.3 is 14.4 Å². The van der Waals surface area contributed by atoms with Gasteiger partial charge in [-0.2, -0.15) is 5.10 Å². The van der Waals surface area contributed by atoms with E-state index in [1.165, 1.54) is 4.57 Å². The van der Waals surface area contributed by atoms with Gasteiger partial charge in [0.05, 0.1) is 25.5 Å². The van der Waals surface area contributed by atoms with E-state index in [0.717, 1.165) is 28.0 Å². The van der Waals surface area contributed by atoms with Crippen LogP contribution in [0.25, 0.3) is 22.0 Å². The number of pyridine rings is 1. The van der Waals surface area contributed by atoms with E-state index in [4.69, 9.17) is 16.3 Å². The van der Waals surface area contributed by atoms with Crippen LogP contribution in [0.5, 0.6) is 5.75 Å². The molecule has 6 nitrogen and oxygen atoms in total. The standard InChI is InChI=1S/C24H24ClN3O3/c1-14-5-8-17(11-15(14)2)20-19-12-26-28(13-16-6-9-18(31-4)10-7-16)21(19)24(30)27(3)22(20)23(25)29/h5-12,23,29H,13H2,1-4H3. The van der Waals surface area contributed by atoms with Crippen LogP contribution >= 0.6 is 11.6 Å². The van der Waals surface area contributed by atoms with Crippen molar-refractivity contribution in [2.75, 3.05) is 7.11 Å². The van der Waals surface area contributed by atoms with Crippen molar-refractivity contribution in [2.45, 2.75) is 26.0 Å². The van der Waals surface area contributed by atoms with Crippen LogP contribution in [0.4, 0.5) is 0 Å². The van der Waals surface area contributed by atoms with Crippen molar-refractivity contribution in [3.05, 3.63) is 81.4 Å². The zero-order valence-corrected chi connectivity index (χ0v) is 18.6. The number of hydrogen-bond donors (Lipinski definition) is 1. The molecule has 0 aliphatic carbocycles. The van der Waals surface area contributed by atoms with E-state index < -0.39 is 5.56 Å². The lowest BCUT2D eigenvalue weighted by Gasteiger charge is -2.18. The lowest BCUT2D eigenvalue weighted by molar-refractivity contribution is 0.253. The average molecular weight is 438 g/mol. The Bertz CT molecular complexity index is 1320. The summed E-state index contributed by atoms with van der Waals surface area (Å²) in [6.07, 6.45) is 1.67. The van der Waals surface area contributed by atoms with E-state index in [-0.39, 0.29) is 5.56 Å². The van der Waals surface area contributed by atoms with Gasteiger partial charge in [-0.3, -0.25) is 9.48 Å². The van der Waals surface area contributed by atoms with E-state index in [1.807, 2.05) is 56.3 Å². The molecule has 2 heterocycles. The molecule has 0 fully saturated rings. The first-order chi connectivity index (χ1) is 14.8. The number of aromatic nitrogens is 3. The quantitative estimate of drug-likeness (QED) is 0.472. The molecule has 0 saturated heterocycles. The molecule has 0 aliphatic rings. The number of benzene rings is 2. The topological polar surface area (TPSA) is 69.3 Å². The lowest BCUT2D eigenvalue weighted by atomic mass is 9.96.